The van der Waals surface area contributed by atoms with Crippen molar-refractivity contribution in [2.45, 2.75) is 26.4 Å². The standard InChI is InChI=1S/2C21H15O3P.C6H5.C4H10O2.Pt/c2*22-19(16-10-4-1-5-11-16)25(20(23)17-12-6-2-7-13-17)21(24)18-14-8-3-9-15-18;1-2-4-6-5-3-1;1-4(2,3)6-5;/h2*1-15H;1-5H;5H,1-3H3;/q;;-1;;. The summed E-state index contributed by atoms with van der Waals surface area (Å²) in [5, 5.41) is 7.90. The van der Waals surface area contributed by atoms with Crippen molar-refractivity contribution in [1.82, 2.24) is 0 Å². The maximum atomic E-state index is 13.0. The molecule has 0 amide bonds. The molecule has 0 saturated heterocycles. The van der Waals surface area contributed by atoms with Crippen molar-refractivity contribution in [2.24, 2.45) is 0 Å². The predicted molar refractivity (Wildman–Crippen MR) is 247 cm³/mol. The van der Waals surface area contributed by atoms with Gasteiger partial charge in [-0.15, -0.1) is 0 Å². The van der Waals surface area contributed by atoms with Gasteiger partial charge >= 0.3 is 0 Å². The van der Waals surface area contributed by atoms with Gasteiger partial charge in [-0.2, -0.15) is 36.4 Å². The van der Waals surface area contributed by atoms with E-state index in [4.69, 9.17) is 5.26 Å². The van der Waals surface area contributed by atoms with Gasteiger partial charge in [-0.3, -0.25) is 34.0 Å². The first-order valence-electron chi connectivity index (χ1n) is 19.3. The molecule has 0 saturated carbocycles. The van der Waals surface area contributed by atoms with E-state index in [2.05, 4.69) is 11.0 Å². The molecule has 0 atom stereocenters. The number of benzene rings is 7. The molecule has 0 aliphatic carbocycles. The van der Waals surface area contributed by atoms with Crippen molar-refractivity contribution < 1.29 is 60.0 Å². The Bertz CT molecular complexity index is 2040. The van der Waals surface area contributed by atoms with Crippen LogP contribution in [-0.4, -0.2) is 44.0 Å². The minimum absolute atomic E-state index is 0. The summed E-state index contributed by atoms with van der Waals surface area (Å²) in [6, 6.07) is 63.5. The van der Waals surface area contributed by atoms with Crippen molar-refractivity contribution in [1.29, 1.82) is 0 Å². The Kier molecular flexibility index (Phi) is 22.2. The van der Waals surface area contributed by atoms with Crippen LogP contribution in [0.4, 0.5) is 0 Å². The molecular weight excluding hydrogens is 1010 g/mol. The Morgan fingerprint density at radius 1 is 0.365 bits per heavy atom. The van der Waals surface area contributed by atoms with Gasteiger partial charge in [0.2, 0.25) is 0 Å². The Morgan fingerprint density at radius 2 is 0.524 bits per heavy atom. The van der Waals surface area contributed by atoms with E-state index in [1.54, 1.807) is 203 Å². The Labute approximate surface area is 385 Å². The number of carbonyl (C=O) groups is 6. The Balaban J connectivity index is 0.000000262. The molecular formula is C52H45O8P2Pt-. The maximum Gasteiger partial charge on any atom is 0.200 e. The monoisotopic (exact) mass is 1050 g/mol. The number of rotatable bonds is 12. The predicted octanol–water partition coefficient (Wildman–Crippen LogP) is 12.7. The molecule has 0 spiro atoms. The van der Waals surface area contributed by atoms with Crippen LogP contribution in [0.15, 0.2) is 212 Å². The molecule has 11 heteroatoms. The van der Waals surface area contributed by atoms with Crippen LogP contribution in [0.3, 0.4) is 0 Å². The molecule has 0 aromatic heterocycles. The third-order valence-electron chi connectivity index (χ3n) is 8.22. The zero-order valence-electron chi connectivity index (χ0n) is 34.7. The second kappa shape index (κ2) is 27.2. The van der Waals surface area contributed by atoms with Crippen LogP contribution in [0, 0.1) is 6.07 Å². The third kappa shape index (κ3) is 16.7. The molecule has 63 heavy (non-hydrogen) atoms. The first-order valence-corrected chi connectivity index (χ1v) is 22.0. The van der Waals surface area contributed by atoms with Crippen LogP contribution in [-0.2, 0) is 26.0 Å². The van der Waals surface area contributed by atoms with E-state index in [0.29, 0.717) is 33.4 Å². The van der Waals surface area contributed by atoms with Crippen molar-refractivity contribution >= 4 is 49.0 Å². The van der Waals surface area contributed by atoms with E-state index < -0.39 is 54.6 Å². The van der Waals surface area contributed by atoms with Crippen LogP contribution in [0.5, 0.6) is 0 Å². The Hall–Kier alpha value is -5.97. The third-order valence-corrected chi connectivity index (χ3v) is 12.2. The molecule has 8 nitrogen and oxygen atoms in total. The molecule has 7 aromatic carbocycles. The normalized spacial score (nSPS) is 10.2. The zero-order chi connectivity index (χ0) is 44.7. The van der Waals surface area contributed by atoms with Crippen LogP contribution < -0.4 is 0 Å². The van der Waals surface area contributed by atoms with Gasteiger partial charge < -0.3 is 0 Å². The molecule has 0 bridgehead atoms. The fraction of sp³-hybridized carbons (Fsp3) is 0.0769. The molecule has 0 radical (unpaired) electrons. The average molecular weight is 1050 g/mol. The van der Waals surface area contributed by atoms with Gasteiger partial charge in [-0.25, -0.2) is 4.89 Å². The van der Waals surface area contributed by atoms with Gasteiger partial charge in [-0.05, 0) is 20.8 Å². The van der Waals surface area contributed by atoms with Crippen LogP contribution in [0.2, 0.25) is 0 Å². The number of hydrogen-bond acceptors (Lipinski definition) is 8. The van der Waals surface area contributed by atoms with E-state index in [9.17, 15) is 28.8 Å². The van der Waals surface area contributed by atoms with Crippen LogP contribution in [0.25, 0.3) is 0 Å². The molecule has 322 valence electrons. The summed E-state index contributed by atoms with van der Waals surface area (Å²) in [5.74, 6) is 0. The molecule has 0 aliphatic rings. The largest absolute Gasteiger partial charge is 0.288 e. The average Bonchev–Trinajstić information content (AvgIpc) is 3.34. The van der Waals surface area contributed by atoms with Gasteiger partial charge in [0.1, 0.15) is 15.8 Å². The van der Waals surface area contributed by atoms with Crippen molar-refractivity contribution in [3.05, 3.63) is 252 Å². The van der Waals surface area contributed by atoms with E-state index >= 15 is 0 Å². The van der Waals surface area contributed by atoms with Crippen LogP contribution >= 0.6 is 15.8 Å². The molecule has 7 aromatic rings. The second-order valence-corrected chi connectivity index (χ2v) is 17.8. The quantitative estimate of drug-likeness (QED) is 0.0554. The Morgan fingerprint density at radius 3 is 0.635 bits per heavy atom. The molecule has 0 aliphatic heterocycles. The van der Waals surface area contributed by atoms with Gasteiger partial charge in [0, 0.05) is 54.4 Å². The van der Waals surface area contributed by atoms with E-state index in [1.807, 2.05) is 30.3 Å². The van der Waals surface area contributed by atoms with Gasteiger partial charge in [-0.1, -0.05) is 182 Å². The summed E-state index contributed by atoms with van der Waals surface area (Å²) in [6.45, 7) is 5.31. The fourth-order valence-corrected chi connectivity index (χ4v) is 8.70. The molecule has 1 N–H and O–H groups in total. The van der Waals surface area contributed by atoms with E-state index in [1.165, 1.54) is 0 Å². The van der Waals surface area contributed by atoms with E-state index in [-0.39, 0.29) is 21.1 Å². The summed E-state index contributed by atoms with van der Waals surface area (Å²) in [4.78, 5) is 81.7. The van der Waals surface area contributed by atoms with Crippen LogP contribution in [0.1, 0.15) is 82.9 Å². The smallest absolute Gasteiger partial charge is 0.200 e. The first kappa shape index (κ1) is 51.4. The maximum absolute atomic E-state index is 13.0. The summed E-state index contributed by atoms with van der Waals surface area (Å²) < 4.78 is 0. The van der Waals surface area contributed by atoms with Crippen molar-refractivity contribution in [2.75, 3.05) is 0 Å². The van der Waals surface area contributed by atoms with Crippen molar-refractivity contribution in [3.8, 4) is 0 Å². The topological polar surface area (TPSA) is 132 Å². The minimum atomic E-state index is -2.19. The molecule has 0 heterocycles. The molecule has 7 rings (SSSR count). The van der Waals surface area contributed by atoms with Gasteiger partial charge in [0.05, 0.1) is 5.60 Å². The second-order valence-electron chi connectivity index (χ2n) is 14.0. The SMILES string of the molecule is CC(C)(C)OO.O=C(c1ccccc1)P(C(=O)c1ccccc1)C(=O)c1ccccc1.O=C(c1ccccc1)P(C(=O)c1ccccc1)C(=O)c1ccccc1.[Pt].[c-]1ccccc1. The molecule has 0 unspecified atom stereocenters. The zero-order valence-corrected chi connectivity index (χ0v) is 38.8. The summed E-state index contributed by atoms with van der Waals surface area (Å²) >= 11 is 0. The van der Waals surface area contributed by atoms with Gasteiger partial charge in [0.15, 0.2) is 33.1 Å². The summed E-state index contributed by atoms with van der Waals surface area (Å²) in [6.07, 6.45) is 0. The fourth-order valence-electron chi connectivity index (χ4n) is 5.15. The minimum Gasteiger partial charge on any atom is -0.288 e. The number of hydrogen-bond donors (Lipinski definition) is 1. The van der Waals surface area contributed by atoms with Crippen molar-refractivity contribution in [3.63, 3.8) is 0 Å². The van der Waals surface area contributed by atoms with Gasteiger partial charge in [0.25, 0.3) is 0 Å². The molecule has 0 fully saturated rings. The summed E-state index contributed by atoms with van der Waals surface area (Å²) in [5.41, 5.74) is -0.650. The number of carbonyl (C=O) groups excluding carboxylic acids is 6. The summed E-state index contributed by atoms with van der Waals surface area (Å²) in [7, 11) is -4.38. The van der Waals surface area contributed by atoms with E-state index in [0.717, 1.165) is 0 Å². The first-order chi connectivity index (χ1) is 29.9.